The SMILES string of the molecule is COc1ccccc1OC1CN(C(=O)CCC(=O)N2CCCCCC2)C1. The van der Waals surface area contributed by atoms with Gasteiger partial charge in [-0.2, -0.15) is 0 Å². The van der Waals surface area contributed by atoms with E-state index in [0.717, 1.165) is 25.9 Å². The summed E-state index contributed by atoms with van der Waals surface area (Å²) in [4.78, 5) is 28.2. The van der Waals surface area contributed by atoms with Crippen LogP contribution in [-0.2, 0) is 9.59 Å². The fraction of sp³-hybridized carbons (Fsp3) is 0.600. The third kappa shape index (κ3) is 4.68. The van der Waals surface area contributed by atoms with E-state index in [1.165, 1.54) is 12.8 Å². The molecular formula is C20H28N2O4. The van der Waals surface area contributed by atoms with Crippen molar-refractivity contribution in [3.05, 3.63) is 24.3 Å². The molecule has 0 atom stereocenters. The molecule has 1 aromatic rings. The van der Waals surface area contributed by atoms with Crippen molar-refractivity contribution in [3.8, 4) is 11.5 Å². The number of ether oxygens (including phenoxy) is 2. The van der Waals surface area contributed by atoms with Gasteiger partial charge in [0.1, 0.15) is 6.10 Å². The van der Waals surface area contributed by atoms with Gasteiger partial charge in [0.25, 0.3) is 0 Å². The highest BCUT2D eigenvalue weighted by molar-refractivity contribution is 5.84. The molecule has 0 aromatic heterocycles. The lowest BCUT2D eigenvalue weighted by atomic mass is 10.1. The van der Waals surface area contributed by atoms with E-state index in [2.05, 4.69) is 0 Å². The Morgan fingerprint density at radius 3 is 2.12 bits per heavy atom. The summed E-state index contributed by atoms with van der Waals surface area (Å²) >= 11 is 0. The molecule has 0 saturated carbocycles. The topological polar surface area (TPSA) is 59.1 Å². The largest absolute Gasteiger partial charge is 0.493 e. The monoisotopic (exact) mass is 360 g/mol. The lowest BCUT2D eigenvalue weighted by Crippen LogP contribution is -2.56. The first-order chi connectivity index (χ1) is 12.7. The van der Waals surface area contributed by atoms with E-state index >= 15 is 0 Å². The van der Waals surface area contributed by atoms with E-state index in [1.54, 1.807) is 12.0 Å². The first kappa shape index (κ1) is 18.5. The maximum atomic E-state index is 12.3. The van der Waals surface area contributed by atoms with Crippen molar-refractivity contribution < 1.29 is 19.1 Å². The van der Waals surface area contributed by atoms with Gasteiger partial charge in [0.05, 0.1) is 20.2 Å². The Morgan fingerprint density at radius 2 is 1.50 bits per heavy atom. The second-order valence-corrected chi connectivity index (χ2v) is 6.98. The van der Waals surface area contributed by atoms with Crippen LogP contribution in [0.1, 0.15) is 38.5 Å². The van der Waals surface area contributed by atoms with Crippen molar-refractivity contribution in [1.29, 1.82) is 0 Å². The molecule has 26 heavy (non-hydrogen) atoms. The van der Waals surface area contributed by atoms with Crippen LogP contribution in [0.15, 0.2) is 24.3 Å². The van der Waals surface area contributed by atoms with Crippen LogP contribution < -0.4 is 9.47 Å². The van der Waals surface area contributed by atoms with Gasteiger partial charge in [-0.1, -0.05) is 25.0 Å². The molecule has 2 aliphatic rings. The Balaban J connectivity index is 1.38. The number of carbonyl (C=O) groups is 2. The molecule has 2 amide bonds. The number of nitrogens with zero attached hydrogens (tertiary/aromatic N) is 2. The van der Waals surface area contributed by atoms with Gasteiger partial charge in [-0.3, -0.25) is 9.59 Å². The Bertz CT molecular complexity index is 620. The lowest BCUT2D eigenvalue weighted by Gasteiger charge is -2.39. The van der Waals surface area contributed by atoms with Gasteiger partial charge < -0.3 is 19.3 Å². The zero-order chi connectivity index (χ0) is 18.4. The summed E-state index contributed by atoms with van der Waals surface area (Å²) in [5.41, 5.74) is 0. The van der Waals surface area contributed by atoms with E-state index in [-0.39, 0.29) is 24.3 Å². The number of hydrogen-bond acceptors (Lipinski definition) is 4. The second-order valence-electron chi connectivity index (χ2n) is 6.98. The standard InChI is InChI=1S/C20H28N2O4/c1-25-17-8-4-5-9-18(17)26-16-14-22(15-16)20(24)11-10-19(23)21-12-6-2-3-7-13-21/h4-5,8-9,16H,2-3,6-7,10-15H2,1H3. The summed E-state index contributed by atoms with van der Waals surface area (Å²) < 4.78 is 11.2. The molecule has 2 aliphatic heterocycles. The summed E-state index contributed by atoms with van der Waals surface area (Å²) in [6.07, 6.45) is 5.14. The highest BCUT2D eigenvalue weighted by Crippen LogP contribution is 2.28. The normalized spacial score (nSPS) is 18.0. The molecule has 0 unspecified atom stereocenters. The van der Waals surface area contributed by atoms with Crippen molar-refractivity contribution in [2.24, 2.45) is 0 Å². The summed E-state index contributed by atoms with van der Waals surface area (Å²) in [6, 6.07) is 7.51. The average Bonchev–Trinajstić information content (AvgIpc) is 2.92. The van der Waals surface area contributed by atoms with Crippen LogP contribution in [0.25, 0.3) is 0 Å². The number of para-hydroxylation sites is 2. The molecule has 0 bridgehead atoms. The molecular weight excluding hydrogens is 332 g/mol. The van der Waals surface area contributed by atoms with Crippen LogP contribution in [0.5, 0.6) is 11.5 Å². The molecule has 3 rings (SSSR count). The summed E-state index contributed by atoms with van der Waals surface area (Å²) in [7, 11) is 1.61. The predicted molar refractivity (Wildman–Crippen MR) is 98.3 cm³/mol. The van der Waals surface area contributed by atoms with Crippen LogP contribution in [0.3, 0.4) is 0 Å². The fourth-order valence-electron chi connectivity index (χ4n) is 3.46. The number of benzene rings is 1. The zero-order valence-electron chi connectivity index (χ0n) is 15.5. The van der Waals surface area contributed by atoms with Crippen molar-refractivity contribution in [3.63, 3.8) is 0 Å². The summed E-state index contributed by atoms with van der Waals surface area (Å²) in [5, 5.41) is 0. The highest BCUT2D eigenvalue weighted by atomic mass is 16.5. The average molecular weight is 360 g/mol. The van der Waals surface area contributed by atoms with E-state index in [1.807, 2.05) is 29.2 Å². The van der Waals surface area contributed by atoms with E-state index in [0.29, 0.717) is 31.0 Å². The van der Waals surface area contributed by atoms with Crippen molar-refractivity contribution in [2.75, 3.05) is 33.3 Å². The van der Waals surface area contributed by atoms with Crippen LogP contribution in [-0.4, -0.2) is 61.0 Å². The third-order valence-corrected chi connectivity index (χ3v) is 5.07. The minimum absolute atomic E-state index is 0.0171. The van der Waals surface area contributed by atoms with Gasteiger partial charge in [-0.15, -0.1) is 0 Å². The molecule has 0 radical (unpaired) electrons. The molecule has 6 nitrogen and oxygen atoms in total. The second kappa shape index (κ2) is 8.92. The van der Waals surface area contributed by atoms with E-state index in [9.17, 15) is 9.59 Å². The number of methoxy groups -OCH3 is 1. The lowest BCUT2D eigenvalue weighted by molar-refractivity contribution is -0.142. The quantitative estimate of drug-likeness (QED) is 0.782. The van der Waals surface area contributed by atoms with Crippen molar-refractivity contribution >= 4 is 11.8 Å². The number of amides is 2. The third-order valence-electron chi connectivity index (χ3n) is 5.07. The Hall–Kier alpha value is -2.24. The minimum Gasteiger partial charge on any atom is -0.493 e. The Kier molecular flexibility index (Phi) is 6.36. The van der Waals surface area contributed by atoms with Crippen LogP contribution in [0.2, 0.25) is 0 Å². The van der Waals surface area contributed by atoms with Gasteiger partial charge in [0, 0.05) is 25.9 Å². The first-order valence-electron chi connectivity index (χ1n) is 9.52. The van der Waals surface area contributed by atoms with Gasteiger partial charge >= 0.3 is 0 Å². The molecule has 1 aromatic carbocycles. The molecule has 142 valence electrons. The number of likely N-dealkylation sites (tertiary alicyclic amines) is 2. The maximum absolute atomic E-state index is 12.3. The van der Waals surface area contributed by atoms with Gasteiger partial charge in [0.15, 0.2) is 11.5 Å². The van der Waals surface area contributed by atoms with Crippen LogP contribution >= 0.6 is 0 Å². The first-order valence-corrected chi connectivity index (χ1v) is 9.52. The Labute approximate surface area is 155 Å². The fourth-order valence-corrected chi connectivity index (χ4v) is 3.46. The van der Waals surface area contributed by atoms with Gasteiger partial charge in [-0.25, -0.2) is 0 Å². The molecule has 2 saturated heterocycles. The van der Waals surface area contributed by atoms with E-state index < -0.39 is 0 Å². The van der Waals surface area contributed by atoms with Crippen LogP contribution in [0, 0.1) is 0 Å². The smallest absolute Gasteiger partial charge is 0.223 e. The molecule has 0 spiro atoms. The minimum atomic E-state index is -0.0171. The molecule has 2 heterocycles. The van der Waals surface area contributed by atoms with E-state index in [4.69, 9.17) is 9.47 Å². The zero-order valence-corrected chi connectivity index (χ0v) is 15.5. The number of rotatable bonds is 6. The molecule has 0 N–H and O–H groups in total. The van der Waals surface area contributed by atoms with Crippen molar-refractivity contribution in [2.45, 2.75) is 44.6 Å². The number of carbonyl (C=O) groups excluding carboxylic acids is 2. The molecule has 0 aliphatic carbocycles. The summed E-state index contributed by atoms with van der Waals surface area (Å²) in [6.45, 7) is 2.81. The highest BCUT2D eigenvalue weighted by Gasteiger charge is 2.33. The maximum Gasteiger partial charge on any atom is 0.223 e. The summed E-state index contributed by atoms with van der Waals surface area (Å²) in [5.74, 6) is 1.54. The van der Waals surface area contributed by atoms with Crippen LogP contribution in [0.4, 0.5) is 0 Å². The van der Waals surface area contributed by atoms with Gasteiger partial charge in [-0.05, 0) is 25.0 Å². The number of hydrogen-bond donors (Lipinski definition) is 0. The Morgan fingerprint density at radius 1 is 0.923 bits per heavy atom. The van der Waals surface area contributed by atoms with Gasteiger partial charge in [0.2, 0.25) is 11.8 Å². The molecule has 6 heteroatoms. The molecule has 2 fully saturated rings. The van der Waals surface area contributed by atoms with Crippen molar-refractivity contribution in [1.82, 2.24) is 9.80 Å². The predicted octanol–water partition coefficient (Wildman–Crippen LogP) is 2.47.